The molecule has 2 aromatic carbocycles. The van der Waals surface area contributed by atoms with Crippen LogP contribution < -0.4 is 0 Å². The van der Waals surface area contributed by atoms with E-state index in [0.717, 1.165) is 37.1 Å². The molecule has 1 N–H and O–H groups in total. The van der Waals surface area contributed by atoms with Gasteiger partial charge in [0.1, 0.15) is 23.2 Å². The first kappa shape index (κ1) is 20.5. The number of aromatic hydroxyl groups is 1. The second-order valence-electron chi connectivity index (χ2n) is 8.18. The van der Waals surface area contributed by atoms with E-state index >= 15 is 0 Å². The van der Waals surface area contributed by atoms with Crippen molar-refractivity contribution in [2.75, 3.05) is 40.3 Å². The zero-order valence-electron chi connectivity index (χ0n) is 18.1. The standard InChI is InChI=1S/C25H25N3O4/c1-27-11-13-28(14-12-27)22(16-7-9-26-10-8-16)21-20-19(25(30)31-2)15-32-24(20)18-6-4-3-5-17(18)23(21)29/h3-10,15,22,29H,11-14H2,1-2H3. The molecule has 2 aromatic heterocycles. The Balaban J connectivity index is 1.85. The van der Waals surface area contributed by atoms with Gasteiger partial charge in [-0.15, -0.1) is 0 Å². The van der Waals surface area contributed by atoms with Crippen molar-refractivity contribution in [2.24, 2.45) is 0 Å². The predicted molar refractivity (Wildman–Crippen MR) is 122 cm³/mol. The Morgan fingerprint density at radius 1 is 1.09 bits per heavy atom. The first-order valence-electron chi connectivity index (χ1n) is 10.7. The van der Waals surface area contributed by atoms with Crippen molar-refractivity contribution in [1.29, 1.82) is 0 Å². The number of benzene rings is 2. The fraction of sp³-hybridized carbons (Fsp3) is 0.280. The number of methoxy groups -OCH3 is 1. The van der Waals surface area contributed by atoms with Gasteiger partial charge >= 0.3 is 5.97 Å². The smallest absolute Gasteiger partial charge is 0.341 e. The van der Waals surface area contributed by atoms with Crippen LogP contribution in [0, 0.1) is 0 Å². The molecular formula is C25H25N3O4. The van der Waals surface area contributed by atoms with Crippen molar-refractivity contribution in [3.63, 3.8) is 0 Å². The molecule has 0 amide bonds. The van der Waals surface area contributed by atoms with Gasteiger partial charge in [-0.3, -0.25) is 9.88 Å². The van der Waals surface area contributed by atoms with E-state index in [2.05, 4.69) is 21.8 Å². The maximum absolute atomic E-state index is 12.7. The highest BCUT2D eigenvalue weighted by atomic mass is 16.5. The first-order valence-corrected chi connectivity index (χ1v) is 10.7. The molecule has 0 bridgehead atoms. The molecule has 1 atom stereocenters. The fourth-order valence-electron chi connectivity index (χ4n) is 4.69. The van der Waals surface area contributed by atoms with Gasteiger partial charge in [0.2, 0.25) is 0 Å². The molecule has 164 valence electrons. The van der Waals surface area contributed by atoms with Gasteiger partial charge in [0, 0.05) is 60.3 Å². The molecule has 32 heavy (non-hydrogen) atoms. The van der Waals surface area contributed by atoms with Crippen LogP contribution in [0.4, 0.5) is 0 Å². The van der Waals surface area contributed by atoms with Crippen LogP contribution in [0.5, 0.6) is 5.75 Å². The average Bonchev–Trinajstić information content (AvgIpc) is 3.28. The van der Waals surface area contributed by atoms with Gasteiger partial charge in [0.25, 0.3) is 0 Å². The summed E-state index contributed by atoms with van der Waals surface area (Å²) in [5.41, 5.74) is 2.53. The van der Waals surface area contributed by atoms with Crippen LogP contribution in [0.25, 0.3) is 21.7 Å². The first-order chi connectivity index (χ1) is 15.6. The highest BCUT2D eigenvalue weighted by Gasteiger charge is 2.33. The van der Waals surface area contributed by atoms with Crippen LogP contribution in [-0.2, 0) is 4.74 Å². The second-order valence-corrected chi connectivity index (χ2v) is 8.18. The van der Waals surface area contributed by atoms with E-state index in [1.807, 2.05) is 36.4 Å². The molecule has 7 nitrogen and oxygen atoms in total. The zero-order valence-corrected chi connectivity index (χ0v) is 18.1. The van der Waals surface area contributed by atoms with E-state index in [-0.39, 0.29) is 11.8 Å². The van der Waals surface area contributed by atoms with Crippen LogP contribution in [0.1, 0.15) is 27.5 Å². The molecule has 0 saturated carbocycles. The molecule has 1 aliphatic heterocycles. The molecule has 1 unspecified atom stereocenters. The molecular weight excluding hydrogens is 406 g/mol. The summed E-state index contributed by atoms with van der Waals surface area (Å²) in [6.07, 6.45) is 4.94. The van der Waals surface area contributed by atoms with E-state index in [9.17, 15) is 9.90 Å². The average molecular weight is 431 g/mol. The number of hydrogen-bond donors (Lipinski definition) is 1. The van der Waals surface area contributed by atoms with Gasteiger partial charge in [-0.1, -0.05) is 24.3 Å². The minimum atomic E-state index is -0.494. The van der Waals surface area contributed by atoms with Crippen LogP contribution in [-0.4, -0.2) is 66.2 Å². The topological polar surface area (TPSA) is 79.0 Å². The summed E-state index contributed by atoms with van der Waals surface area (Å²) in [5, 5.41) is 13.6. The summed E-state index contributed by atoms with van der Waals surface area (Å²) < 4.78 is 11.0. The van der Waals surface area contributed by atoms with E-state index in [4.69, 9.17) is 9.15 Å². The lowest BCUT2D eigenvalue weighted by Crippen LogP contribution is -2.46. The lowest BCUT2D eigenvalue weighted by Gasteiger charge is -2.39. The highest BCUT2D eigenvalue weighted by molar-refractivity contribution is 6.16. The monoisotopic (exact) mass is 431 g/mol. The predicted octanol–water partition coefficient (Wildman–Crippen LogP) is 3.81. The third-order valence-electron chi connectivity index (χ3n) is 6.35. The van der Waals surface area contributed by atoms with Crippen molar-refractivity contribution < 1.29 is 19.1 Å². The van der Waals surface area contributed by atoms with Gasteiger partial charge in [-0.25, -0.2) is 4.79 Å². The van der Waals surface area contributed by atoms with Gasteiger partial charge < -0.3 is 19.2 Å². The Bertz CT molecular complexity index is 1280. The Kier molecular flexibility index (Phi) is 5.28. The quantitative estimate of drug-likeness (QED) is 0.492. The number of nitrogens with zero attached hydrogens (tertiary/aromatic N) is 3. The minimum absolute atomic E-state index is 0.153. The Labute approximate surface area is 185 Å². The Morgan fingerprint density at radius 2 is 1.78 bits per heavy atom. The van der Waals surface area contributed by atoms with Crippen molar-refractivity contribution >= 4 is 27.7 Å². The molecule has 7 heteroatoms. The number of furan rings is 1. The number of phenols is 1. The molecule has 0 aliphatic carbocycles. The summed E-state index contributed by atoms with van der Waals surface area (Å²) in [7, 11) is 3.46. The molecule has 4 aromatic rings. The number of rotatable bonds is 4. The number of carbonyl (C=O) groups excluding carboxylic acids is 1. The van der Waals surface area contributed by atoms with E-state index in [1.165, 1.54) is 13.4 Å². The number of ether oxygens (including phenoxy) is 1. The van der Waals surface area contributed by atoms with Crippen LogP contribution >= 0.6 is 0 Å². The molecule has 1 aliphatic rings. The van der Waals surface area contributed by atoms with E-state index in [0.29, 0.717) is 27.5 Å². The second kappa shape index (κ2) is 8.26. The van der Waals surface area contributed by atoms with Gasteiger partial charge in [0.05, 0.1) is 13.2 Å². The normalized spacial score (nSPS) is 16.4. The number of fused-ring (bicyclic) bond motifs is 3. The lowest BCUT2D eigenvalue weighted by atomic mass is 9.89. The van der Waals surface area contributed by atoms with E-state index < -0.39 is 5.97 Å². The zero-order chi connectivity index (χ0) is 22.2. The van der Waals surface area contributed by atoms with Crippen LogP contribution in [0.2, 0.25) is 0 Å². The maximum atomic E-state index is 12.7. The summed E-state index contributed by atoms with van der Waals surface area (Å²) >= 11 is 0. The number of esters is 1. The maximum Gasteiger partial charge on any atom is 0.341 e. The molecule has 3 heterocycles. The number of pyridine rings is 1. The Morgan fingerprint density at radius 3 is 2.47 bits per heavy atom. The number of phenolic OH excluding ortho intramolecular Hbond substituents is 1. The summed E-state index contributed by atoms with van der Waals surface area (Å²) in [5.74, 6) is -0.341. The number of carbonyl (C=O) groups is 1. The molecule has 1 fully saturated rings. The summed E-state index contributed by atoms with van der Waals surface area (Å²) in [6, 6.07) is 11.2. The van der Waals surface area contributed by atoms with Gasteiger partial charge in [-0.2, -0.15) is 0 Å². The van der Waals surface area contributed by atoms with Crippen molar-refractivity contribution in [3.05, 3.63) is 71.7 Å². The SMILES string of the molecule is COC(=O)c1coc2c1c(C(c1ccncc1)N1CCN(C)CC1)c(O)c1ccccc12. The molecule has 5 rings (SSSR count). The van der Waals surface area contributed by atoms with Gasteiger partial charge in [-0.05, 0) is 24.7 Å². The molecule has 0 radical (unpaired) electrons. The molecule has 1 saturated heterocycles. The number of likely N-dealkylation sites (N-methyl/N-ethyl adjacent to an activating group) is 1. The van der Waals surface area contributed by atoms with Crippen molar-refractivity contribution in [1.82, 2.24) is 14.8 Å². The van der Waals surface area contributed by atoms with E-state index in [1.54, 1.807) is 12.4 Å². The molecule has 0 spiro atoms. The van der Waals surface area contributed by atoms with Crippen molar-refractivity contribution in [2.45, 2.75) is 6.04 Å². The third-order valence-corrected chi connectivity index (χ3v) is 6.35. The van der Waals surface area contributed by atoms with Crippen LogP contribution in [0.3, 0.4) is 0 Å². The minimum Gasteiger partial charge on any atom is -0.507 e. The summed E-state index contributed by atoms with van der Waals surface area (Å²) in [6.45, 7) is 3.47. The highest BCUT2D eigenvalue weighted by Crippen LogP contribution is 2.46. The number of aromatic nitrogens is 1. The number of piperazine rings is 1. The summed E-state index contributed by atoms with van der Waals surface area (Å²) in [4.78, 5) is 21.5. The fourth-order valence-corrected chi connectivity index (χ4v) is 4.69. The van der Waals surface area contributed by atoms with Crippen molar-refractivity contribution in [3.8, 4) is 5.75 Å². The Hall–Kier alpha value is -3.42. The third kappa shape index (κ3) is 3.30. The van der Waals surface area contributed by atoms with Gasteiger partial charge in [0.15, 0.2) is 0 Å². The lowest BCUT2D eigenvalue weighted by molar-refractivity contribution is 0.0601. The van der Waals surface area contributed by atoms with Crippen LogP contribution in [0.15, 0.2) is 59.5 Å². The number of hydrogen-bond acceptors (Lipinski definition) is 7. The largest absolute Gasteiger partial charge is 0.507 e.